The van der Waals surface area contributed by atoms with Gasteiger partial charge in [0.1, 0.15) is 17.7 Å². The number of carbonyl (C=O) groups excluding carboxylic acids is 2. The lowest BCUT2D eigenvalue weighted by atomic mass is 10.2. The van der Waals surface area contributed by atoms with E-state index in [1.54, 1.807) is 12.1 Å². The SMILES string of the molecule is O=C(CNC(=O)c1ccc(F)cc1)N/N=C\c1coc2ccc(Cl)cc2c1=O. The fourth-order valence-corrected chi connectivity index (χ4v) is 2.46. The molecule has 9 heteroatoms. The highest BCUT2D eigenvalue weighted by atomic mass is 35.5. The van der Waals surface area contributed by atoms with E-state index < -0.39 is 17.6 Å². The first-order valence-corrected chi connectivity index (χ1v) is 8.38. The number of hydrazone groups is 1. The van der Waals surface area contributed by atoms with Gasteiger partial charge >= 0.3 is 0 Å². The summed E-state index contributed by atoms with van der Waals surface area (Å²) in [4.78, 5) is 35.9. The molecule has 3 aromatic rings. The normalized spacial score (nSPS) is 10.9. The molecule has 0 fully saturated rings. The fraction of sp³-hybridized carbons (Fsp3) is 0.0526. The Morgan fingerprint density at radius 3 is 2.68 bits per heavy atom. The molecule has 142 valence electrons. The molecule has 2 aromatic carbocycles. The summed E-state index contributed by atoms with van der Waals surface area (Å²) >= 11 is 5.88. The lowest BCUT2D eigenvalue weighted by molar-refractivity contribution is -0.120. The Hall–Kier alpha value is -3.52. The number of carbonyl (C=O) groups is 2. The van der Waals surface area contributed by atoms with Crippen LogP contribution in [0.2, 0.25) is 5.02 Å². The monoisotopic (exact) mass is 401 g/mol. The highest BCUT2D eigenvalue weighted by Crippen LogP contribution is 2.16. The first kappa shape index (κ1) is 19.2. The van der Waals surface area contributed by atoms with Crippen molar-refractivity contribution >= 4 is 40.6 Å². The van der Waals surface area contributed by atoms with Crippen LogP contribution in [0.5, 0.6) is 0 Å². The Kier molecular flexibility index (Phi) is 5.81. The van der Waals surface area contributed by atoms with Gasteiger partial charge in [0.15, 0.2) is 0 Å². The van der Waals surface area contributed by atoms with Gasteiger partial charge in [0.05, 0.1) is 23.7 Å². The van der Waals surface area contributed by atoms with Gasteiger partial charge in [0.2, 0.25) is 5.43 Å². The van der Waals surface area contributed by atoms with Gasteiger partial charge in [-0.15, -0.1) is 0 Å². The van der Waals surface area contributed by atoms with Crippen LogP contribution in [0.25, 0.3) is 11.0 Å². The molecule has 28 heavy (non-hydrogen) atoms. The van der Waals surface area contributed by atoms with Gasteiger partial charge in [-0.1, -0.05) is 11.6 Å². The molecule has 0 aliphatic carbocycles. The molecule has 0 unspecified atom stereocenters. The topological polar surface area (TPSA) is 101 Å². The molecule has 0 saturated carbocycles. The summed E-state index contributed by atoms with van der Waals surface area (Å²) in [6.45, 7) is -0.352. The van der Waals surface area contributed by atoms with E-state index in [1.165, 1.54) is 24.5 Å². The molecule has 0 spiro atoms. The molecule has 0 aliphatic rings. The first-order valence-electron chi connectivity index (χ1n) is 8.01. The molecule has 2 amide bonds. The van der Waals surface area contributed by atoms with Crippen molar-refractivity contribution in [2.75, 3.05) is 6.54 Å². The summed E-state index contributed by atoms with van der Waals surface area (Å²) in [7, 11) is 0. The number of hydrogen-bond donors (Lipinski definition) is 2. The number of hydrogen-bond acceptors (Lipinski definition) is 5. The number of benzene rings is 2. The minimum Gasteiger partial charge on any atom is -0.463 e. The van der Waals surface area contributed by atoms with Crippen LogP contribution in [0.3, 0.4) is 0 Å². The van der Waals surface area contributed by atoms with E-state index in [2.05, 4.69) is 15.8 Å². The van der Waals surface area contributed by atoms with Crippen LogP contribution in [0, 0.1) is 5.82 Å². The number of nitrogens with one attached hydrogen (secondary N) is 2. The van der Waals surface area contributed by atoms with Gasteiger partial charge in [-0.05, 0) is 42.5 Å². The van der Waals surface area contributed by atoms with Crippen molar-refractivity contribution in [2.24, 2.45) is 5.10 Å². The van der Waals surface area contributed by atoms with Crippen molar-refractivity contribution in [3.8, 4) is 0 Å². The van der Waals surface area contributed by atoms with E-state index in [-0.39, 0.29) is 28.5 Å². The maximum atomic E-state index is 12.8. The van der Waals surface area contributed by atoms with Crippen LogP contribution >= 0.6 is 11.6 Å². The lowest BCUT2D eigenvalue weighted by Crippen LogP contribution is -2.35. The third kappa shape index (κ3) is 4.60. The summed E-state index contributed by atoms with van der Waals surface area (Å²) in [5.41, 5.74) is 2.53. The van der Waals surface area contributed by atoms with E-state index in [0.29, 0.717) is 10.6 Å². The van der Waals surface area contributed by atoms with Gasteiger partial charge in [-0.2, -0.15) is 5.10 Å². The lowest BCUT2D eigenvalue weighted by Gasteiger charge is -2.04. The van der Waals surface area contributed by atoms with Crippen LogP contribution in [0.4, 0.5) is 4.39 Å². The third-order valence-corrected chi connectivity index (χ3v) is 3.91. The number of rotatable bonds is 5. The van der Waals surface area contributed by atoms with E-state index in [1.807, 2.05) is 0 Å². The van der Waals surface area contributed by atoms with Gasteiger partial charge in [-0.3, -0.25) is 14.4 Å². The Labute approximate surface area is 162 Å². The predicted molar refractivity (Wildman–Crippen MR) is 102 cm³/mol. The van der Waals surface area contributed by atoms with E-state index >= 15 is 0 Å². The molecule has 2 N–H and O–H groups in total. The molecule has 0 bridgehead atoms. The van der Waals surface area contributed by atoms with Crippen LogP contribution in [-0.2, 0) is 4.79 Å². The maximum absolute atomic E-state index is 12.8. The van der Waals surface area contributed by atoms with Gasteiger partial charge < -0.3 is 9.73 Å². The Morgan fingerprint density at radius 1 is 1.18 bits per heavy atom. The van der Waals surface area contributed by atoms with Crippen molar-refractivity contribution in [1.82, 2.24) is 10.7 Å². The molecule has 0 radical (unpaired) electrons. The molecule has 0 atom stereocenters. The van der Waals surface area contributed by atoms with Crippen LogP contribution in [0.1, 0.15) is 15.9 Å². The zero-order chi connectivity index (χ0) is 20.1. The summed E-state index contributed by atoms with van der Waals surface area (Å²) in [6.07, 6.45) is 2.34. The summed E-state index contributed by atoms with van der Waals surface area (Å²) in [5, 5.41) is 6.72. The molecule has 3 rings (SSSR count). The highest BCUT2D eigenvalue weighted by molar-refractivity contribution is 6.31. The molecule has 0 aliphatic heterocycles. The number of fused-ring (bicyclic) bond motifs is 1. The third-order valence-electron chi connectivity index (χ3n) is 3.67. The smallest absolute Gasteiger partial charge is 0.259 e. The molecular formula is C19H13ClFN3O4. The fourth-order valence-electron chi connectivity index (χ4n) is 2.28. The van der Waals surface area contributed by atoms with Crippen molar-refractivity contribution in [3.05, 3.63) is 80.9 Å². The maximum Gasteiger partial charge on any atom is 0.259 e. The van der Waals surface area contributed by atoms with Crippen LogP contribution in [0.15, 0.2) is 63.0 Å². The summed E-state index contributed by atoms with van der Waals surface area (Å²) in [5.74, 6) is -1.62. The standard InChI is InChI=1S/C19H13ClFN3O4/c20-13-3-6-16-15(7-13)18(26)12(10-28-16)8-23-24-17(25)9-22-19(27)11-1-4-14(21)5-2-11/h1-8,10H,9H2,(H,22,27)(H,24,25)/b23-8-. The average molecular weight is 402 g/mol. The molecule has 1 heterocycles. The van der Waals surface area contributed by atoms with Crippen molar-refractivity contribution < 1.29 is 18.4 Å². The second kappa shape index (κ2) is 8.45. The quantitative estimate of drug-likeness (QED) is 0.506. The van der Waals surface area contributed by atoms with Gasteiger partial charge in [0, 0.05) is 10.6 Å². The Morgan fingerprint density at radius 2 is 1.93 bits per heavy atom. The second-order valence-electron chi connectivity index (χ2n) is 5.64. The van der Waals surface area contributed by atoms with Crippen LogP contribution < -0.4 is 16.2 Å². The molecule has 7 nitrogen and oxygen atoms in total. The molecule has 0 saturated heterocycles. The number of halogens is 2. The zero-order valence-corrected chi connectivity index (χ0v) is 15.0. The minimum atomic E-state index is -0.611. The van der Waals surface area contributed by atoms with Crippen molar-refractivity contribution in [1.29, 1.82) is 0 Å². The highest BCUT2D eigenvalue weighted by Gasteiger charge is 2.08. The number of nitrogens with zero attached hydrogens (tertiary/aromatic N) is 1. The van der Waals surface area contributed by atoms with Crippen LogP contribution in [-0.4, -0.2) is 24.6 Å². The largest absolute Gasteiger partial charge is 0.463 e. The second-order valence-corrected chi connectivity index (χ2v) is 6.08. The summed E-state index contributed by atoms with van der Waals surface area (Å²) < 4.78 is 18.2. The first-order chi connectivity index (χ1) is 13.4. The zero-order valence-electron chi connectivity index (χ0n) is 14.2. The minimum absolute atomic E-state index is 0.116. The average Bonchev–Trinajstić information content (AvgIpc) is 2.69. The van der Waals surface area contributed by atoms with Crippen molar-refractivity contribution in [2.45, 2.75) is 0 Å². The predicted octanol–water partition coefficient (Wildman–Crippen LogP) is 2.47. The van der Waals surface area contributed by atoms with Crippen molar-refractivity contribution in [3.63, 3.8) is 0 Å². The Bertz CT molecular complexity index is 1130. The van der Waals surface area contributed by atoms with Gasteiger partial charge in [-0.25, -0.2) is 9.82 Å². The molecular weight excluding hydrogens is 389 g/mol. The Balaban J connectivity index is 1.58. The van der Waals surface area contributed by atoms with Gasteiger partial charge in [0.25, 0.3) is 11.8 Å². The summed E-state index contributed by atoms with van der Waals surface area (Å²) in [6, 6.07) is 9.53. The molecule has 1 aromatic heterocycles. The number of amides is 2. The van der Waals surface area contributed by atoms with E-state index in [9.17, 15) is 18.8 Å². The van der Waals surface area contributed by atoms with E-state index in [4.69, 9.17) is 16.0 Å². The van der Waals surface area contributed by atoms with E-state index in [0.717, 1.165) is 18.3 Å².